The highest BCUT2D eigenvalue weighted by Crippen LogP contribution is 2.14. The number of esters is 1. The van der Waals surface area contributed by atoms with Crippen molar-refractivity contribution in [1.82, 2.24) is 5.32 Å². The molecule has 6 heteroatoms. The second-order valence-electron chi connectivity index (χ2n) is 4.48. The molecule has 1 aliphatic heterocycles. The van der Waals surface area contributed by atoms with Crippen molar-refractivity contribution in [1.29, 1.82) is 0 Å². The minimum absolute atomic E-state index is 0. The van der Waals surface area contributed by atoms with E-state index in [-0.39, 0.29) is 30.2 Å². The zero-order valence-electron chi connectivity index (χ0n) is 11.3. The number of nitrogens with one attached hydrogen (secondary N) is 2. The van der Waals surface area contributed by atoms with Crippen molar-refractivity contribution in [3.8, 4) is 0 Å². The first-order valence-electron chi connectivity index (χ1n) is 6.49. The van der Waals surface area contributed by atoms with Crippen molar-refractivity contribution < 1.29 is 14.3 Å². The fraction of sp³-hybridized carbons (Fsp3) is 0.429. The molecule has 0 spiro atoms. The van der Waals surface area contributed by atoms with Crippen molar-refractivity contribution in [2.45, 2.75) is 13.3 Å². The van der Waals surface area contributed by atoms with Crippen molar-refractivity contribution in [2.24, 2.45) is 5.92 Å². The van der Waals surface area contributed by atoms with Crippen LogP contribution in [0.5, 0.6) is 0 Å². The molecule has 1 amide bonds. The standard InChI is InChI=1S/C14H18N2O3.ClH/c1-2-19-14(18)10-3-5-12(6-4-10)16-13(17)11-7-8-15-9-11;/h3-6,11,15H,2,7-9H2,1H3,(H,16,17);1H. The van der Waals surface area contributed by atoms with Crippen molar-refractivity contribution in [3.05, 3.63) is 29.8 Å². The van der Waals surface area contributed by atoms with Gasteiger partial charge in [0.15, 0.2) is 0 Å². The summed E-state index contributed by atoms with van der Waals surface area (Å²) in [6.07, 6.45) is 0.868. The molecule has 5 nitrogen and oxygen atoms in total. The van der Waals surface area contributed by atoms with Crippen LogP contribution in [0, 0.1) is 5.92 Å². The van der Waals surface area contributed by atoms with Gasteiger partial charge in [0.2, 0.25) is 5.91 Å². The van der Waals surface area contributed by atoms with Gasteiger partial charge in [0.05, 0.1) is 18.1 Å². The summed E-state index contributed by atoms with van der Waals surface area (Å²) in [6, 6.07) is 6.74. The number of ether oxygens (including phenoxy) is 1. The Morgan fingerprint density at radius 2 is 2.05 bits per heavy atom. The quantitative estimate of drug-likeness (QED) is 0.832. The molecule has 1 unspecified atom stereocenters. The highest BCUT2D eigenvalue weighted by molar-refractivity contribution is 5.94. The largest absolute Gasteiger partial charge is 0.462 e. The Hall–Kier alpha value is -1.59. The van der Waals surface area contributed by atoms with Crippen LogP contribution in [0.1, 0.15) is 23.7 Å². The number of hydrogen-bond acceptors (Lipinski definition) is 4. The van der Waals surface area contributed by atoms with E-state index in [0.29, 0.717) is 17.9 Å². The smallest absolute Gasteiger partial charge is 0.338 e. The summed E-state index contributed by atoms with van der Waals surface area (Å²) in [5.74, 6) is -0.293. The molecule has 0 bridgehead atoms. The summed E-state index contributed by atoms with van der Waals surface area (Å²) < 4.78 is 4.90. The summed E-state index contributed by atoms with van der Waals surface area (Å²) in [5.41, 5.74) is 1.19. The maximum absolute atomic E-state index is 11.9. The first-order chi connectivity index (χ1) is 9.20. The number of amides is 1. The van der Waals surface area contributed by atoms with Gasteiger partial charge in [0, 0.05) is 12.2 Å². The second kappa shape index (κ2) is 7.87. The van der Waals surface area contributed by atoms with E-state index in [1.54, 1.807) is 31.2 Å². The van der Waals surface area contributed by atoms with Gasteiger partial charge in [-0.25, -0.2) is 4.79 Å². The monoisotopic (exact) mass is 298 g/mol. The Kier molecular flexibility index (Phi) is 6.48. The molecule has 0 aliphatic carbocycles. The Bertz CT molecular complexity index is 456. The lowest BCUT2D eigenvalue weighted by molar-refractivity contribution is -0.119. The maximum atomic E-state index is 11.9. The predicted molar refractivity (Wildman–Crippen MR) is 79.3 cm³/mol. The summed E-state index contributed by atoms with van der Waals surface area (Å²) in [7, 11) is 0. The lowest BCUT2D eigenvalue weighted by atomic mass is 10.1. The fourth-order valence-electron chi connectivity index (χ4n) is 2.03. The van der Waals surface area contributed by atoms with Gasteiger partial charge < -0.3 is 15.4 Å². The minimum atomic E-state index is -0.347. The normalized spacial score (nSPS) is 17.1. The summed E-state index contributed by atoms with van der Waals surface area (Å²) in [6.45, 7) is 3.74. The third-order valence-corrected chi connectivity index (χ3v) is 3.09. The van der Waals surface area contributed by atoms with E-state index in [1.165, 1.54) is 0 Å². The second-order valence-corrected chi connectivity index (χ2v) is 4.48. The molecule has 1 aliphatic rings. The molecule has 1 saturated heterocycles. The Morgan fingerprint density at radius 1 is 1.35 bits per heavy atom. The molecule has 1 atom stereocenters. The van der Waals surface area contributed by atoms with E-state index in [4.69, 9.17) is 4.74 Å². The molecule has 1 aromatic carbocycles. The Labute approximate surface area is 124 Å². The van der Waals surface area contributed by atoms with Crippen molar-refractivity contribution in [3.63, 3.8) is 0 Å². The molecule has 0 aromatic heterocycles. The van der Waals surface area contributed by atoms with E-state index in [1.807, 2.05) is 0 Å². The van der Waals surface area contributed by atoms with Crippen molar-refractivity contribution >= 4 is 30.0 Å². The van der Waals surface area contributed by atoms with Crippen LogP contribution in [0.3, 0.4) is 0 Å². The first-order valence-corrected chi connectivity index (χ1v) is 6.49. The number of anilines is 1. The van der Waals surface area contributed by atoms with Crippen LogP contribution < -0.4 is 10.6 Å². The van der Waals surface area contributed by atoms with Crippen LogP contribution in [-0.4, -0.2) is 31.6 Å². The number of benzene rings is 1. The first kappa shape index (κ1) is 16.5. The molecule has 2 N–H and O–H groups in total. The minimum Gasteiger partial charge on any atom is -0.462 e. The topological polar surface area (TPSA) is 67.4 Å². The predicted octanol–water partition coefficient (Wildman–Crippen LogP) is 1.83. The van der Waals surface area contributed by atoms with Crippen LogP contribution in [0.15, 0.2) is 24.3 Å². The van der Waals surface area contributed by atoms with Gasteiger partial charge in [-0.1, -0.05) is 0 Å². The number of hydrogen-bond donors (Lipinski definition) is 2. The van der Waals surface area contributed by atoms with Crippen LogP contribution in [-0.2, 0) is 9.53 Å². The summed E-state index contributed by atoms with van der Waals surface area (Å²) >= 11 is 0. The molecule has 1 heterocycles. The van der Waals surface area contributed by atoms with E-state index in [9.17, 15) is 9.59 Å². The zero-order chi connectivity index (χ0) is 13.7. The van der Waals surface area contributed by atoms with Gasteiger partial charge in [-0.05, 0) is 44.2 Å². The highest BCUT2D eigenvalue weighted by Gasteiger charge is 2.22. The molecule has 0 radical (unpaired) electrons. The van der Waals surface area contributed by atoms with Crippen LogP contribution in [0.2, 0.25) is 0 Å². The number of halogens is 1. The molecule has 20 heavy (non-hydrogen) atoms. The average molecular weight is 299 g/mol. The summed E-state index contributed by atoms with van der Waals surface area (Å²) in [4.78, 5) is 23.4. The van der Waals surface area contributed by atoms with Gasteiger partial charge in [-0.2, -0.15) is 0 Å². The molecular formula is C14H19ClN2O3. The lowest BCUT2D eigenvalue weighted by Crippen LogP contribution is -2.24. The van der Waals surface area contributed by atoms with Gasteiger partial charge in [0.1, 0.15) is 0 Å². The Morgan fingerprint density at radius 3 is 2.60 bits per heavy atom. The molecule has 110 valence electrons. The highest BCUT2D eigenvalue weighted by atomic mass is 35.5. The Balaban J connectivity index is 0.00000200. The lowest BCUT2D eigenvalue weighted by Gasteiger charge is -2.10. The summed E-state index contributed by atoms with van der Waals surface area (Å²) in [5, 5.41) is 6.01. The zero-order valence-corrected chi connectivity index (χ0v) is 12.2. The molecule has 1 aromatic rings. The van der Waals surface area contributed by atoms with Crippen LogP contribution >= 0.6 is 12.4 Å². The van der Waals surface area contributed by atoms with Gasteiger partial charge in [0.25, 0.3) is 0 Å². The molecule has 2 rings (SSSR count). The van der Waals surface area contributed by atoms with Gasteiger partial charge in [-0.3, -0.25) is 4.79 Å². The molecule has 0 saturated carbocycles. The molecular weight excluding hydrogens is 280 g/mol. The SMILES string of the molecule is CCOC(=O)c1ccc(NC(=O)C2CCNC2)cc1.Cl. The van der Waals surface area contributed by atoms with Gasteiger partial charge >= 0.3 is 5.97 Å². The number of rotatable bonds is 4. The molecule has 1 fully saturated rings. The van der Waals surface area contributed by atoms with Crippen LogP contribution in [0.4, 0.5) is 5.69 Å². The fourth-order valence-corrected chi connectivity index (χ4v) is 2.03. The van der Waals surface area contributed by atoms with Crippen LogP contribution in [0.25, 0.3) is 0 Å². The number of carbonyl (C=O) groups excluding carboxylic acids is 2. The number of carbonyl (C=O) groups is 2. The van der Waals surface area contributed by atoms with E-state index in [2.05, 4.69) is 10.6 Å². The van der Waals surface area contributed by atoms with E-state index < -0.39 is 0 Å². The third-order valence-electron chi connectivity index (χ3n) is 3.09. The van der Waals surface area contributed by atoms with Crippen molar-refractivity contribution in [2.75, 3.05) is 25.0 Å². The average Bonchev–Trinajstić information content (AvgIpc) is 2.94. The maximum Gasteiger partial charge on any atom is 0.338 e. The third kappa shape index (κ3) is 4.21. The van der Waals surface area contributed by atoms with E-state index >= 15 is 0 Å². The van der Waals surface area contributed by atoms with Gasteiger partial charge in [-0.15, -0.1) is 12.4 Å². The van der Waals surface area contributed by atoms with E-state index in [0.717, 1.165) is 19.5 Å².